The predicted octanol–water partition coefficient (Wildman–Crippen LogP) is 3.40. The fourth-order valence-electron chi connectivity index (χ4n) is 3.21. The van der Waals surface area contributed by atoms with Crippen LogP contribution in [-0.4, -0.2) is 41.5 Å². The smallest absolute Gasteiger partial charge is 0.270 e. The highest BCUT2D eigenvalue weighted by atomic mass is 35.5. The van der Waals surface area contributed by atoms with Gasteiger partial charge in [0.05, 0.1) is 28.2 Å². The van der Waals surface area contributed by atoms with E-state index in [2.05, 4.69) is 29.3 Å². The first-order valence-electron chi connectivity index (χ1n) is 9.06. The molecular formula is C20H22ClN3O4. The van der Waals surface area contributed by atoms with Crippen LogP contribution in [0.5, 0.6) is 0 Å². The number of amides is 1. The highest BCUT2D eigenvalue weighted by Crippen LogP contribution is 2.22. The minimum Gasteiger partial charge on any atom is -0.376 e. The average molecular weight is 404 g/mol. The minimum atomic E-state index is -0.553. The lowest BCUT2D eigenvalue weighted by Gasteiger charge is -2.31. The van der Waals surface area contributed by atoms with Gasteiger partial charge in [0.2, 0.25) is 0 Å². The van der Waals surface area contributed by atoms with Crippen LogP contribution in [0.3, 0.4) is 0 Å². The molecule has 0 aromatic heterocycles. The molecule has 0 spiro atoms. The van der Waals surface area contributed by atoms with E-state index in [9.17, 15) is 14.9 Å². The quantitative estimate of drug-likeness (QED) is 0.590. The molecule has 0 aliphatic carbocycles. The molecule has 0 saturated carbocycles. The standard InChI is InChI=1S/C20H22ClN3O4/c1-14-12-23(7-8-28-14)13-16-4-2-3-15(9-16)11-22-20(25)18-10-17(24(26)27)5-6-19(18)21/h2-6,9-10,14H,7-8,11-13H2,1H3,(H,22,25). The maximum absolute atomic E-state index is 12.4. The van der Waals surface area contributed by atoms with E-state index in [0.29, 0.717) is 6.54 Å². The average Bonchev–Trinajstić information content (AvgIpc) is 2.66. The Bertz CT molecular complexity index is 874. The van der Waals surface area contributed by atoms with Crippen molar-refractivity contribution in [2.45, 2.75) is 26.1 Å². The Morgan fingerprint density at radius 2 is 2.11 bits per heavy atom. The van der Waals surface area contributed by atoms with Crippen molar-refractivity contribution in [1.82, 2.24) is 10.2 Å². The Morgan fingerprint density at radius 1 is 1.32 bits per heavy atom. The molecule has 1 N–H and O–H groups in total. The van der Waals surface area contributed by atoms with Crippen LogP contribution in [0.25, 0.3) is 0 Å². The monoisotopic (exact) mass is 403 g/mol. The summed E-state index contributed by atoms with van der Waals surface area (Å²) in [7, 11) is 0. The molecule has 1 aliphatic heterocycles. The van der Waals surface area contributed by atoms with E-state index in [1.54, 1.807) is 0 Å². The van der Waals surface area contributed by atoms with Gasteiger partial charge in [0.25, 0.3) is 11.6 Å². The lowest BCUT2D eigenvalue weighted by atomic mass is 10.1. The van der Waals surface area contributed by atoms with Crippen LogP contribution in [-0.2, 0) is 17.8 Å². The lowest BCUT2D eigenvalue weighted by Crippen LogP contribution is -2.40. The molecule has 0 radical (unpaired) electrons. The van der Waals surface area contributed by atoms with Gasteiger partial charge in [0.1, 0.15) is 0 Å². The van der Waals surface area contributed by atoms with Crippen LogP contribution in [0.2, 0.25) is 5.02 Å². The van der Waals surface area contributed by atoms with Crippen molar-refractivity contribution in [3.63, 3.8) is 0 Å². The summed E-state index contributed by atoms with van der Waals surface area (Å²) >= 11 is 6.02. The van der Waals surface area contributed by atoms with Crippen LogP contribution in [0.1, 0.15) is 28.4 Å². The summed E-state index contributed by atoms with van der Waals surface area (Å²) in [6.07, 6.45) is 0.232. The third-order valence-corrected chi connectivity index (χ3v) is 4.91. The Morgan fingerprint density at radius 3 is 2.86 bits per heavy atom. The molecule has 1 fully saturated rings. The Kier molecular flexibility index (Phi) is 6.61. The van der Waals surface area contributed by atoms with Gasteiger partial charge in [0, 0.05) is 38.3 Å². The minimum absolute atomic E-state index is 0.0920. The highest BCUT2D eigenvalue weighted by molar-refractivity contribution is 6.33. The second-order valence-electron chi connectivity index (χ2n) is 6.84. The van der Waals surface area contributed by atoms with Gasteiger partial charge in [-0.2, -0.15) is 0 Å². The number of benzene rings is 2. The number of ether oxygens (including phenoxy) is 1. The summed E-state index contributed by atoms with van der Waals surface area (Å²) in [6, 6.07) is 11.8. The number of nitro groups is 1. The highest BCUT2D eigenvalue weighted by Gasteiger charge is 2.17. The van der Waals surface area contributed by atoms with Crippen molar-refractivity contribution in [2.24, 2.45) is 0 Å². The number of non-ortho nitro benzene ring substituents is 1. The molecule has 28 heavy (non-hydrogen) atoms. The number of carbonyl (C=O) groups is 1. The number of nitrogens with zero attached hydrogens (tertiary/aromatic N) is 2. The van der Waals surface area contributed by atoms with Gasteiger partial charge in [-0.3, -0.25) is 19.8 Å². The fourth-order valence-corrected chi connectivity index (χ4v) is 3.41. The molecule has 1 unspecified atom stereocenters. The van der Waals surface area contributed by atoms with Crippen molar-refractivity contribution in [1.29, 1.82) is 0 Å². The molecule has 1 amide bonds. The SMILES string of the molecule is CC1CN(Cc2cccc(CNC(=O)c3cc([N+](=O)[O-])ccc3Cl)c2)CCO1. The van der Waals surface area contributed by atoms with Crippen molar-refractivity contribution < 1.29 is 14.5 Å². The maximum Gasteiger partial charge on any atom is 0.270 e. The first kappa shape index (κ1) is 20.3. The first-order chi connectivity index (χ1) is 13.4. The molecule has 1 heterocycles. The van der Waals surface area contributed by atoms with Gasteiger partial charge in [0.15, 0.2) is 0 Å². The first-order valence-corrected chi connectivity index (χ1v) is 9.44. The van der Waals surface area contributed by atoms with E-state index in [-0.39, 0.29) is 22.4 Å². The molecule has 3 rings (SSSR count). The maximum atomic E-state index is 12.4. The van der Waals surface area contributed by atoms with E-state index >= 15 is 0 Å². The second-order valence-corrected chi connectivity index (χ2v) is 7.25. The van der Waals surface area contributed by atoms with Crippen LogP contribution in [0.15, 0.2) is 42.5 Å². The van der Waals surface area contributed by atoms with Gasteiger partial charge in [-0.15, -0.1) is 0 Å². The van der Waals surface area contributed by atoms with Crippen molar-refractivity contribution in [3.05, 3.63) is 74.3 Å². The zero-order chi connectivity index (χ0) is 20.1. The van der Waals surface area contributed by atoms with Crippen molar-refractivity contribution in [3.8, 4) is 0 Å². The summed E-state index contributed by atoms with van der Waals surface area (Å²) in [5.74, 6) is -0.443. The lowest BCUT2D eigenvalue weighted by molar-refractivity contribution is -0.384. The van der Waals surface area contributed by atoms with E-state index < -0.39 is 10.8 Å². The van der Waals surface area contributed by atoms with Crippen molar-refractivity contribution >= 4 is 23.2 Å². The molecule has 1 atom stereocenters. The third kappa shape index (κ3) is 5.28. The van der Waals surface area contributed by atoms with Gasteiger partial charge >= 0.3 is 0 Å². The number of nitrogens with one attached hydrogen (secondary N) is 1. The number of hydrogen-bond donors (Lipinski definition) is 1. The number of carbonyl (C=O) groups excluding carboxylic acids is 1. The molecule has 2 aromatic rings. The van der Waals surface area contributed by atoms with E-state index in [1.807, 2.05) is 12.1 Å². The topological polar surface area (TPSA) is 84.7 Å². The zero-order valence-corrected chi connectivity index (χ0v) is 16.3. The number of rotatable bonds is 6. The molecular weight excluding hydrogens is 382 g/mol. The molecule has 0 bridgehead atoms. The summed E-state index contributed by atoms with van der Waals surface area (Å²) < 4.78 is 5.57. The van der Waals surface area contributed by atoms with Gasteiger partial charge < -0.3 is 10.1 Å². The molecule has 1 saturated heterocycles. The number of nitro benzene ring substituents is 1. The van der Waals surface area contributed by atoms with Crippen LogP contribution < -0.4 is 5.32 Å². The zero-order valence-electron chi connectivity index (χ0n) is 15.6. The van der Waals surface area contributed by atoms with Gasteiger partial charge in [-0.25, -0.2) is 0 Å². The van der Waals surface area contributed by atoms with E-state index in [1.165, 1.54) is 18.2 Å². The molecule has 1 aliphatic rings. The second kappa shape index (κ2) is 9.14. The molecule has 148 valence electrons. The number of morpholine rings is 1. The predicted molar refractivity (Wildman–Crippen MR) is 106 cm³/mol. The fraction of sp³-hybridized carbons (Fsp3) is 0.350. The van der Waals surface area contributed by atoms with Crippen molar-refractivity contribution in [2.75, 3.05) is 19.7 Å². The Balaban J connectivity index is 1.62. The van der Waals surface area contributed by atoms with E-state index in [0.717, 1.165) is 37.4 Å². The Hall–Kier alpha value is -2.48. The normalized spacial score (nSPS) is 17.3. The molecule has 7 nitrogen and oxygen atoms in total. The number of halogens is 1. The molecule has 2 aromatic carbocycles. The number of hydrogen-bond acceptors (Lipinski definition) is 5. The van der Waals surface area contributed by atoms with E-state index in [4.69, 9.17) is 16.3 Å². The van der Waals surface area contributed by atoms with Gasteiger partial charge in [-0.1, -0.05) is 35.9 Å². The summed E-state index contributed by atoms with van der Waals surface area (Å²) in [5, 5.41) is 13.9. The largest absolute Gasteiger partial charge is 0.376 e. The third-order valence-electron chi connectivity index (χ3n) is 4.58. The van der Waals surface area contributed by atoms with Crippen LogP contribution >= 0.6 is 11.6 Å². The van der Waals surface area contributed by atoms with Crippen LogP contribution in [0, 0.1) is 10.1 Å². The summed E-state index contributed by atoms with van der Waals surface area (Å²) in [5.41, 5.74) is 2.04. The Labute approximate surface area is 168 Å². The molecule has 8 heteroatoms. The summed E-state index contributed by atoms with van der Waals surface area (Å²) in [4.78, 5) is 25.1. The summed E-state index contributed by atoms with van der Waals surface area (Å²) in [6.45, 7) is 5.73. The van der Waals surface area contributed by atoms with Gasteiger partial charge in [-0.05, 0) is 24.1 Å². The van der Waals surface area contributed by atoms with Crippen LogP contribution in [0.4, 0.5) is 5.69 Å².